The molecule has 3 aromatic carbocycles. The van der Waals surface area contributed by atoms with Crippen molar-refractivity contribution in [3.8, 4) is 0 Å². The predicted octanol–water partition coefficient (Wildman–Crippen LogP) is 4.27. The van der Waals surface area contributed by atoms with Crippen LogP contribution in [-0.4, -0.2) is 12.3 Å². The minimum atomic E-state index is -1.18. The molecule has 25 heavy (non-hydrogen) atoms. The Morgan fingerprint density at radius 1 is 0.840 bits per heavy atom. The second-order valence-electron chi connectivity index (χ2n) is 7.37. The van der Waals surface area contributed by atoms with Crippen LogP contribution in [0.4, 0.5) is 0 Å². The van der Waals surface area contributed by atoms with Gasteiger partial charge in [-0.25, -0.2) is 4.79 Å². The van der Waals surface area contributed by atoms with Crippen LogP contribution in [0.15, 0.2) is 66.7 Å². The summed E-state index contributed by atoms with van der Waals surface area (Å²) in [5.74, 6) is -0.328. The smallest absolute Gasteiger partial charge is 0.350 e. The Balaban J connectivity index is 1.90. The van der Waals surface area contributed by atoms with E-state index in [0.717, 1.165) is 27.5 Å². The number of ether oxygens (including phenoxy) is 2. The standard InChI is InChI=1S/C22H18O3/c1-21(2)17-12-14-8-6-7-9-15(14)13-18(17)22(16-10-4-3-5-11-16)19(23)24-20(21)25-22/h3-13,20H,1-2H3. The number of fused-ring (bicyclic) bond motifs is 5. The van der Waals surface area contributed by atoms with E-state index in [-0.39, 0.29) is 5.97 Å². The Hall–Kier alpha value is -2.65. The molecule has 3 nitrogen and oxygen atoms in total. The Kier molecular flexibility index (Phi) is 2.76. The lowest BCUT2D eigenvalue weighted by Gasteiger charge is -2.40. The van der Waals surface area contributed by atoms with Crippen molar-refractivity contribution in [2.45, 2.75) is 31.2 Å². The van der Waals surface area contributed by atoms with Crippen molar-refractivity contribution in [1.82, 2.24) is 0 Å². The first-order chi connectivity index (χ1) is 12.0. The highest BCUT2D eigenvalue weighted by Crippen LogP contribution is 2.54. The van der Waals surface area contributed by atoms with Crippen molar-refractivity contribution in [2.24, 2.45) is 0 Å². The average Bonchev–Trinajstić information content (AvgIpc) is 2.97. The van der Waals surface area contributed by atoms with Crippen LogP contribution in [0, 0.1) is 0 Å². The maximum absolute atomic E-state index is 13.0. The molecule has 1 saturated heterocycles. The first-order valence-corrected chi connectivity index (χ1v) is 8.52. The van der Waals surface area contributed by atoms with Crippen molar-refractivity contribution in [3.05, 3.63) is 83.4 Å². The van der Waals surface area contributed by atoms with E-state index < -0.39 is 17.3 Å². The van der Waals surface area contributed by atoms with Gasteiger partial charge in [0.15, 0.2) is 0 Å². The van der Waals surface area contributed by atoms with Gasteiger partial charge in [-0.15, -0.1) is 0 Å². The topological polar surface area (TPSA) is 35.5 Å². The molecular formula is C22H18O3. The fourth-order valence-electron chi connectivity index (χ4n) is 4.09. The van der Waals surface area contributed by atoms with Gasteiger partial charge in [-0.3, -0.25) is 0 Å². The monoisotopic (exact) mass is 330 g/mol. The third kappa shape index (κ3) is 1.76. The van der Waals surface area contributed by atoms with Gasteiger partial charge < -0.3 is 9.47 Å². The van der Waals surface area contributed by atoms with E-state index in [4.69, 9.17) is 9.47 Å². The van der Waals surface area contributed by atoms with E-state index in [9.17, 15) is 4.79 Å². The third-order valence-electron chi connectivity index (χ3n) is 5.51. The van der Waals surface area contributed by atoms with Gasteiger partial charge in [-0.05, 0) is 47.9 Å². The van der Waals surface area contributed by atoms with Gasteiger partial charge in [0.2, 0.25) is 11.9 Å². The van der Waals surface area contributed by atoms with Crippen LogP contribution in [0.25, 0.3) is 10.8 Å². The number of carbonyl (C=O) groups excluding carboxylic acids is 1. The largest absolute Gasteiger partial charge is 0.432 e. The van der Waals surface area contributed by atoms with Crippen molar-refractivity contribution in [1.29, 1.82) is 0 Å². The third-order valence-corrected chi connectivity index (χ3v) is 5.51. The fourth-order valence-corrected chi connectivity index (χ4v) is 4.09. The molecule has 0 saturated carbocycles. The molecule has 2 aliphatic rings. The summed E-state index contributed by atoms with van der Waals surface area (Å²) >= 11 is 0. The number of hydrogen-bond acceptors (Lipinski definition) is 3. The lowest BCUT2D eigenvalue weighted by Crippen LogP contribution is -2.45. The first kappa shape index (κ1) is 14.7. The van der Waals surface area contributed by atoms with E-state index in [1.54, 1.807) is 0 Å². The molecule has 0 aliphatic carbocycles. The molecule has 2 heterocycles. The van der Waals surface area contributed by atoms with Gasteiger partial charge in [0.05, 0.1) is 5.41 Å². The van der Waals surface area contributed by atoms with Crippen molar-refractivity contribution < 1.29 is 14.3 Å². The number of carbonyl (C=O) groups is 1. The molecule has 0 radical (unpaired) electrons. The molecule has 2 atom stereocenters. The van der Waals surface area contributed by atoms with Gasteiger partial charge >= 0.3 is 5.97 Å². The predicted molar refractivity (Wildman–Crippen MR) is 95.2 cm³/mol. The summed E-state index contributed by atoms with van der Waals surface area (Å²) in [6.45, 7) is 4.14. The van der Waals surface area contributed by atoms with Crippen molar-refractivity contribution >= 4 is 16.7 Å². The van der Waals surface area contributed by atoms with Gasteiger partial charge in [-0.2, -0.15) is 0 Å². The fraction of sp³-hybridized carbons (Fsp3) is 0.227. The van der Waals surface area contributed by atoms with Gasteiger partial charge in [0.25, 0.3) is 0 Å². The highest BCUT2D eigenvalue weighted by Gasteiger charge is 2.62. The van der Waals surface area contributed by atoms with Crippen molar-refractivity contribution in [2.75, 3.05) is 0 Å². The molecule has 0 spiro atoms. The maximum atomic E-state index is 13.0. The summed E-state index contributed by atoms with van der Waals surface area (Å²) in [5, 5.41) is 2.25. The highest BCUT2D eigenvalue weighted by atomic mass is 16.8. The molecular weight excluding hydrogens is 312 g/mol. The molecule has 0 N–H and O–H groups in total. The highest BCUT2D eigenvalue weighted by molar-refractivity contribution is 5.93. The number of rotatable bonds is 1. The summed E-state index contributed by atoms with van der Waals surface area (Å²) in [7, 11) is 0. The minimum Gasteiger partial charge on any atom is -0.432 e. The lowest BCUT2D eigenvalue weighted by atomic mass is 9.72. The van der Waals surface area contributed by atoms with Crippen LogP contribution < -0.4 is 0 Å². The molecule has 1 fully saturated rings. The van der Waals surface area contributed by atoms with Crippen LogP contribution in [-0.2, 0) is 25.3 Å². The quantitative estimate of drug-likeness (QED) is 0.625. The second kappa shape index (κ2) is 4.70. The normalized spacial score (nSPS) is 26.3. The van der Waals surface area contributed by atoms with Crippen molar-refractivity contribution in [3.63, 3.8) is 0 Å². The van der Waals surface area contributed by atoms with Gasteiger partial charge in [0.1, 0.15) is 0 Å². The number of hydrogen-bond donors (Lipinski definition) is 0. The molecule has 5 rings (SSSR count). The Morgan fingerprint density at radius 2 is 1.44 bits per heavy atom. The molecule has 3 aromatic rings. The van der Waals surface area contributed by atoms with Crippen LogP contribution in [0.5, 0.6) is 0 Å². The average molecular weight is 330 g/mol. The first-order valence-electron chi connectivity index (χ1n) is 8.52. The van der Waals surface area contributed by atoms with E-state index in [1.165, 1.54) is 0 Å². The Bertz CT molecular complexity index is 1010. The van der Waals surface area contributed by atoms with E-state index >= 15 is 0 Å². The van der Waals surface area contributed by atoms with Gasteiger partial charge in [-0.1, -0.05) is 54.6 Å². The van der Waals surface area contributed by atoms with Crippen LogP contribution in [0.3, 0.4) is 0 Å². The molecule has 124 valence electrons. The number of esters is 1. The van der Waals surface area contributed by atoms with Crippen LogP contribution in [0.2, 0.25) is 0 Å². The zero-order chi connectivity index (χ0) is 17.2. The SMILES string of the molecule is CC1(C)c2cc3ccccc3cc2C2(c3ccccc3)OC1OC2=O. The zero-order valence-electron chi connectivity index (χ0n) is 14.2. The second-order valence-corrected chi connectivity index (χ2v) is 7.37. The lowest BCUT2D eigenvalue weighted by molar-refractivity contribution is -0.149. The zero-order valence-corrected chi connectivity index (χ0v) is 14.2. The van der Waals surface area contributed by atoms with Gasteiger partial charge in [0, 0.05) is 5.56 Å². The molecule has 0 aromatic heterocycles. The van der Waals surface area contributed by atoms with E-state index in [0.29, 0.717) is 0 Å². The van der Waals surface area contributed by atoms with E-state index in [1.807, 2.05) is 42.5 Å². The molecule has 3 heteroatoms. The number of benzene rings is 3. The molecule has 2 bridgehead atoms. The minimum absolute atomic E-state index is 0.328. The van der Waals surface area contributed by atoms with Crippen LogP contribution in [0.1, 0.15) is 30.5 Å². The summed E-state index contributed by atoms with van der Waals surface area (Å²) < 4.78 is 12.0. The summed E-state index contributed by atoms with van der Waals surface area (Å²) in [4.78, 5) is 13.0. The summed E-state index contributed by atoms with van der Waals surface area (Å²) in [5.41, 5.74) is 1.22. The maximum Gasteiger partial charge on any atom is 0.350 e. The van der Waals surface area contributed by atoms with E-state index in [2.05, 4.69) is 38.1 Å². The molecule has 0 amide bonds. The Morgan fingerprint density at radius 3 is 2.12 bits per heavy atom. The summed E-state index contributed by atoms with van der Waals surface area (Å²) in [6, 6.07) is 22.1. The van der Waals surface area contributed by atoms with Crippen LogP contribution >= 0.6 is 0 Å². The molecule has 2 unspecified atom stereocenters. The Labute approximate surface area is 146 Å². The summed E-state index contributed by atoms with van der Waals surface area (Å²) in [6.07, 6.45) is -0.589. The molecule has 2 aliphatic heterocycles.